The SMILES string of the molecule is O=S(=O)(c1ccc(Cl)cc1)N1CC[NH+](CCOc2ccccc2F)CC1. The molecule has 0 atom stereocenters. The van der Waals surface area contributed by atoms with Crippen molar-refractivity contribution in [3.63, 3.8) is 0 Å². The Morgan fingerprint density at radius 1 is 1.08 bits per heavy atom. The van der Waals surface area contributed by atoms with Crippen LogP contribution in [0.3, 0.4) is 0 Å². The van der Waals surface area contributed by atoms with E-state index < -0.39 is 10.0 Å². The number of sulfonamides is 1. The number of piperazine rings is 1. The van der Waals surface area contributed by atoms with Crippen molar-refractivity contribution in [3.05, 3.63) is 59.4 Å². The molecule has 2 aromatic carbocycles. The van der Waals surface area contributed by atoms with Crippen LogP contribution in [0.2, 0.25) is 5.02 Å². The number of hydrogen-bond acceptors (Lipinski definition) is 3. The maximum Gasteiger partial charge on any atom is 0.243 e. The lowest BCUT2D eigenvalue weighted by molar-refractivity contribution is -0.903. The third-order valence-electron chi connectivity index (χ3n) is 4.43. The van der Waals surface area contributed by atoms with Gasteiger partial charge >= 0.3 is 0 Å². The predicted octanol–water partition coefficient (Wildman–Crippen LogP) is 1.45. The second kappa shape index (κ2) is 8.35. The number of para-hydroxylation sites is 1. The number of quaternary nitrogens is 1. The standard InChI is InChI=1S/C18H20ClFN2O3S/c19-15-5-7-16(8-6-15)26(23,24)22-11-9-21(10-12-22)13-14-25-18-4-2-1-3-17(18)20/h1-8H,9-14H2/p+1. The van der Waals surface area contributed by atoms with Crippen molar-refractivity contribution in [3.8, 4) is 5.75 Å². The summed E-state index contributed by atoms with van der Waals surface area (Å²) >= 11 is 5.82. The minimum atomic E-state index is -3.49. The first-order valence-electron chi connectivity index (χ1n) is 8.43. The van der Waals surface area contributed by atoms with Gasteiger partial charge in [-0.15, -0.1) is 0 Å². The normalized spacial score (nSPS) is 16.5. The lowest BCUT2D eigenvalue weighted by Gasteiger charge is -2.31. The highest BCUT2D eigenvalue weighted by atomic mass is 35.5. The molecule has 1 saturated heterocycles. The van der Waals surface area contributed by atoms with Crippen LogP contribution in [0.5, 0.6) is 5.75 Å². The summed E-state index contributed by atoms with van der Waals surface area (Å²) in [5.41, 5.74) is 0. The summed E-state index contributed by atoms with van der Waals surface area (Å²) < 4.78 is 45.8. The van der Waals surface area contributed by atoms with E-state index in [1.54, 1.807) is 30.3 Å². The van der Waals surface area contributed by atoms with E-state index in [2.05, 4.69) is 0 Å². The Bertz CT molecular complexity index is 838. The molecule has 0 amide bonds. The molecule has 0 bridgehead atoms. The molecule has 1 fully saturated rings. The highest BCUT2D eigenvalue weighted by Gasteiger charge is 2.30. The number of halogens is 2. The van der Waals surface area contributed by atoms with Crippen molar-refractivity contribution in [2.75, 3.05) is 39.3 Å². The average molecular weight is 400 g/mol. The zero-order valence-corrected chi connectivity index (χ0v) is 15.8. The van der Waals surface area contributed by atoms with E-state index in [1.807, 2.05) is 0 Å². The summed E-state index contributed by atoms with van der Waals surface area (Å²) in [6.45, 7) is 3.35. The van der Waals surface area contributed by atoms with Gasteiger partial charge in [-0.05, 0) is 36.4 Å². The van der Waals surface area contributed by atoms with Crippen LogP contribution in [-0.4, -0.2) is 52.1 Å². The summed E-state index contributed by atoms with van der Waals surface area (Å²) in [4.78, 5) is 1.50. The molecule has 0 saturated carbocycles. The maximum atomic E-state index is 13.5. The molecule has 0 aromatic heterocycles. The van der Waals surface area contributed by atoms with Crippen LogP contribution in [0.4, 0.5) is 4.39 Å². The zero-order chi connectivity index (χ0) is 18.6. The maximum absolute atomic E-state index is 13.5. The van der Waals surface area contributed by atoms with E-state index in [9.17, 15) is 12.8 Å². The molecule has 1 heterocycles. The summed E-state index contributed by atoms with van der Waals surface area (Å²) in [6.07, 6.45) is 0. The van der Waals surface area contributed by atoms with Crippen LogP contribution in [0.25, 0.3) is 0 Å². The molecule has 3 rings (SSSR count). The Labute approximate surface area is 158 Å². The van der Waals surface area contributed by atoms with E-state index in [1.165, 1.54) is 27.4 Å². The van der Waals surface area contributed by atoms with Gasteiger partial charge in [0.2, 0.25) is 10.0 Å². The van der Waals surface area contributed by atoms with Gasteiger partial charge in [-0.2, -0.15) is 4.31 Å². The molecule has 2 aromatic rings. The minimum Gasteiger partial charge on any atom is -0.485 e. The van der Waals surface area contributed by atoms with Gasteiger partial charge in [-0.25, -0.2) is 12.8 Å². The molecule has 1 aliphatic rings. The average Bonchev–Trinajstić information content (AvgIpc) is 2.64. The summed E-state index contributed by atoms with van der Waals surface area (Å²) in [7, 11) is -3.49. The number of nitrogens with zero attached hydrogens (tertiary/aromatic N) is 1. The van der Waals surface area contributed by atoms with E-state index in [0.29, 0.717) is 44.4 Å². The number of rotatable bonds is 6. The zero-order valence-electron chi connectivity index (χ0n) is 14.2. The van der Waals surface area contributed by atoms with Gasteiger partial charge in [0, 0.05) is 5.02 Å². The van der Waals surface area contributed by atoms with Crippen LogP contribution in [0.1, 0.15) is 0 Å². The molecule has 8 heteroatoms. The second-order valence-corrected chi connectivity index (χ2v) is 8.51. The van der Waals surface area contributed by atoms with Crippen LogP contribution in [-0.2, 0) is 10.0 Å². The molecule has 0 spiro atoms. The molecule has 140 valence electrons. The lowest BCUT2D eigenvalue weighted by atomic mass is 10.3. The Hall–Kier alpha value is -1.67. The Morgan fingerprint density at radius 2 is 1.73 bits per heavy atom. The summed E-state index contributed by atoms with van der Waals surface area (Å²) in [5, 5.41) is 0.507. The Balaban J connectivity index is 1.49. The molecule has 1 aliphatic heterocycles. The van der Waals surface area contributed by atoms with Gasteiger partial charge in [0.05, 0.1) is 31.1 Å². The van der Waals surface area contributed by atoms with Crippen LogP contribution < -0.4 is 9.64 Å². The number of benzene rings is 2. The molecular formula is C18H21ClFN2O3S+. The van der Waals surface area contributed by atoms with Gasteiger partial charge in [0.15, 0.2) is 11.6 Å². The van der Waals surface area contributed by atoms with Crippen LogP contribution in [0.15, 0.2) is 53.4 Å². The molecule has 26 heavy (non-hydrogen) atoms. The number of hydrogen-bond donors (Lipinski definition) is 1. The van der Waals surface area contributed by atoms with Crippen molar-refractivity contribution in [1.82, 2.24) is 4.31 Å². The van der Waals surface area contributed by atoms with Crippen molar-refractivity contribution in [2.45, 2.75) is 4.90 Å². The molecule has 0 unspecified atom stereocenters. The largest absolute Gasteiger partial charge is 0.485 e. The van der Waals surface area contributed by atoms with Crippen molar-refractivity contribution >= 4 is 21.6 Å². The lowest BCUT2D eigenvalue weighted by Crippen LogP contribution is -3.15. The topological polar surface area (TPSA) is 51.0 Å². The minimum absolute atomic E-state index is 0.246. The summed E-state index contributed by atoms with van der Waals surface area (Å²) in [5.74, 6) is -0.128. The second-order valence-electron chi connectivity index (χ2n) is 6.14. The molecule has 1 N–H and O–H groups in total. The predicted molar refractivity (Wildman–Crippen MR) is 97.7 cm³/mol. The van der Waals surface area contributed by atoms with Crippen molar-refractivity contribution in [2.24, 2.45) is 0 Å². The van der Waals surface area contributed by atoms with E-state index in [4.69, 9.17) is 16.3 Å². The first-order chi connectivity index (χ1) is 12.5. The van der Waals surface area contributed by atoms with Crippen LogP contribution >= 0.6 is 11.6 Å². The fraction of sp³-hybridized carbons (Fsp3) is 0.333. The van der Waals surface area contributed by atoms with Crippen molar-refractivity contribution in [1.29, 1.82) is 0 Å². The number of ether oxygens (including phenoxy) is 1. The van der Waals surface area contributed by atoms with Crippen molar-refractivity contribution < 1.29 is 22.4 Å². The van der Waals surface area contributed by atoms with Gasteiger partial charge in [0.25, 0.3) is 0 Å². The molecule has 5 nitrogen and oxygen atoms in total. The third kappa shape index (κ3) is 4.54. The first kappa shape index (κ1) is 19.1. The Morgan fingerprint density at radius 3 is 2.38 bits per heavy atom. The number of nitrogens with one attached hydrogen (secondary N) is 1. The van der Waals surface area contributed by atoms with E-state index in [-0.39, 0.29) is 16.5 Å². The van der Waals surface area contributed by atoms with Gasteiger partial charge in [-0.3, -0.25) is 0 Å². The van der Waals surface area contributed by atoms with E-state index >= 15 is 0 Å². The molecular weight excluding hydrogens is 379 g/mol. The highest BCUT2D eigenvalue weighted by Crippen LogP contribution is 2.18. The van der Waals surface area contributed by atoms with E-state index in [0.717, 1.165) is 0 Å². The Kier molecular flexibility index (Phi) is 6.13. The molecule has 0 radical (unpaired) electrons. The quantitative estimate of drug-likeness (QED) is 0.799. The fourth-order valence-corrected chi connectivity index (χ4v) is 4.48. The monoisotopic (exact) mass is 399 g/mol. The van der Waals surface area contributed by atoms with Gasteiger partial charge < -0.3 is 9.64 Å². The molecule has 0 aliphatic carbocycles. The first-order valence-corrected chi connectivity index (χ1v) is 10.3. The van der Waals surface area contributed by atoms with Gasteiger partial charge in [-0.1, -0.05) is 23.7 Å². The fourth-order valence-electron chi connectivity index (χ4n) is 2.92. The smallest absolute Gasteiger partial charge is 0.243 e. The third-order valence-corrected chi connectivity index (χ3v) is 6.60. The van der Waals surface area contributed by atoms with Crippen LogP contribution in [0, 0.1) is 5.82 Å². The summed E-state index contributed by atoms with van der Waals surface area (Å²) in [6, 6.07) is 12.5. The highest BCUT2D eigenvalue weighted by molar-refractivity contribution is 7.89. The van der Waals surface area contributed by atoms with Gasteiger partial charge in [0.1, 0.15) is 13.2 Å².